The monoisotopic (exact) mass is 1100 g/mol. The minimum absolute atomic E-state index is 0.0323. The number of piperidine rings is 1. The third kappa shape index (κ3) is 10.9. The summed E-state index contributed by atoms with van der Waals surface area (Å²) in [7, 11) is 2.21. The van der Waals surface area contributed by atoms with E-state index in [1.807, 2.05) is 35.7 Å². The largest absolute Gasteiger partial charge is 0.401 e. The number of fused-ring (bicyclic) bond motifs is 7. The zero-order valence-corrected chi connectivity index (χ0v) is 48.3. The molecule has 3 atom stereocenters. The average Bonchev–Trinajstić information content (AvgIpc) is 3.98. The van der Waals surface area contributed by atoms with Crippen molar-refractivity contribution >= 4 is 45.7 Å². The molecule has 12 rings (SSSR count). The zero-order chi connectivity index (χ0) is 54.3. The molecule has 3 unspecified atom stereocenters. The molecule has 0 bridgehead atoms. The van der Waals surface area contributed by atoms with Gasteiger partial charge in [-0.3, -0.25) is 19.0 Å². The first kappa shape index (κ1) is 54.8. The summed E-state index contributed by atoms with van der Waals surface area (Å²) >= 11 is 8.12. The van der Waals surface area contributed by atoms with Crippen LogP contribution in [0.25, 0.3) is 27.0 Å². The van der Waals surface area contributed by atoms with Gasteiger partial charge in [0.1, 0.15) is 17.9 Å². The molecule has 13 nitrogen and oxygen atoms in total. The second kappa shape index (κ2) is 22.8. The van der Waals surface area contributed by atoms with Crippen molar-refractivity contribution in [2.45, 2.75) is 153 Å². The van der Waals surface area contributed by atoms with E-state index < -0.39 is 12.1 Å². The maximum Gasteiger partial charge on any atom is 0.282 e. The molecule has 6 fully saturated rings. The van der Waals surface area contributed by atoms with Crippen LogP contribution in [0.3, 0.4) is 0 Å². The first-order valence-electron chi connectivity index (χ1n) is 29.3. The second-order valence-electron chi connectivity index (χ2n) is 25.3. The van der Waals surface area contributed by atoms with Gasteiger partial charge in [0.2, 0.25) is 11.8 Å². The lowest BCUT2D eigenvalue weighted by Gasteiger charge is -2.38. The molecule has 4 N–H and O–H groups in total. The minimum atomic E-state index is -0.500. The van der Waals surface area contributed by atoms with E-state index in [0.717, 1.165) is 118 Å². The van der Waals surface area contributed by atoms with E-state index in [9.17, 15) is 14.4 Å². The van der Waals surface area contributed by atoms with E-state index in [4.69, 9.17) is 27.1 Å². The van der Waals surface area contributed by atoms with Crippen molar-refractivity contribution in [3.8, 4) is 16.1 Å². The van der Waals surface area contributed by atoms with Crippen LogP contribution in [0, 0.1) is 23.7 Å². The Bertz CT molecular complexity index is 3070. The molecule has 5 aromatic rings. The number of aryl methyl sites for hydroxylation is 1. The molecule has 7 aliphatic rings. The number of likely N-dealkylation sites (tertiary alicyclic amines) is 3. The van der Waals surface area contributed by atoms with Crippen molar-refractivity contribution in [1.29, 1.82) is 0 Å². The van der Waals surface area contributed by atoms with Crippen molar-refractivity contribution in [2.75, 3.05) is 59.5 Å². The number of nitrogens with one attached hydrogen (secondary N) is 2. The van der Waals surface area contributed by atoms with Gasteiger partial charge in [0.25, 0.3) is 5.56 Å². The number of hydrogen-bond donors (Lipinski definition) is 3. The number of carbonyl (C=O) groups excluding carboxylic acids is 2. The van der Waals surface area contributed by atoms with E-state index in [0.29, 0.717) is 35.2 Å². The van der Waals surface area contributed by atoms with Crippen LogP contribution in [0.4, 0.5) is 0 Å². The summed E-state index contributed by atoms with van der Waals surface area (Å²) < 4.78 is 7.84. The topological polar surface area (TPSA) is 151 Å². The first-order chi connectivity index (χ1) is 37.6. The molecular formula is C63H82ClN9O4S. The Morgan fingerprint density at radius 1 is 0.910 bits per heavy atom. The molecule has 0 radical (unpaired) electrons. The van der Waals surface area contributed by atoms with Crippen LogP contribution in [0.1, 0.15) is 157 Å². The minimum Gasteiger partial charge on any atom is -0.401 e. The number of carbonyl (C=O) groups is 2. The third-order valence-electron chi connectivity index (χ3n) is 18.8. The zero-order valence-electron chi connectivity index (χ0n) is 46.8. The normalized spacial score (nSPS) is 22.4. The van der Waals surface area contributed by atoms with Crippen LogP contribution in [0.5, 0.6) is 0 Å². The second-order valence-corrected chi connectivity index (χ2v) is 26.5. The lowest BCUT2D eigenvalue weighted by Crippen LogP contribution is -2.56. The molecule has 3 aromatic carbocycles. The Morgan fingerprint density at radius 2 is 1.65 bits per heavy atom. The molecule has 416 valence electrons. The van der Waals surface area contributed by atoms with Gasteiger partial charge in [0.05, 0.1) is 62.4 Å². The van der Waals surface area contributed by atoms with E-state index in [1.54, 1.807) is 17.4 Å². The number of halogens is 1. The summed E-state index contributed by atoms with van der Waals surface area (Å²) in [6, 6.07) is 20.2. The number of benzene rings is 3. The molecule has 2 aromatic heterocycles. The van der Waals surface area contributed by atoms with Gasteiger partial charge in [0.15, 0.2) is 0 Å². The van der Waals surface area contributed by atoms with Crippen LogP contribution >= 0.6 is 22.9 Å². The third-order valence-corrected chi connectivity index (χ3v) is 20.1. The van der Waals surface area contributed by atoms with Gasteiger partial charge in [-0.1, -0.05) is 113 Å². The Hall–Kier alpha value is -5.12. The average molecular weight is 1100 g/mol. The van der Waals surface area contributed by atoms with Crippen LogP contribution in [0.2, 0.25) is 5.02 Å². The Labute approximate surface area is 470 Å². The molecular weight excluding hydrogens is 1010 g/mol. The van der Waals surface area contributed by atoms with Gasteiger partial charge in [-0.05, 0) is 149 Å². The maximum atomic E-state index is 14.2. The SMILES string of the molecule is CN1CCC(c2ccc3c(c2)-n2c(nc(=O)c4c(Cl)cccc42)C32CCCCC2)CC1.Cc1ncsc1-c1ccc(C(CN2CCC3(COC3)C2)NC(=O)C2CCCN2C(=O)C(N/C=C(\N)C2CCCCC2)C(C)(C)C)cc1. The van der Waals surface area contributed by atoms with Crippen LogP contribution < -0.4 is 21.9 Å². The highest BCUT2D eigenvalue weighted by Crippen LogP contribution is 2.52. The summed E-state index contributed by atoms with van der Waals surface area (Å²) in [4.78, 5) is 58.4. The van der Waals surface area contributed by atoms with Crippen molar-refractivity contribution in [1.82, 2.24) is 39.9 Å². The van der Waals surface area contributed by atoms with E-state index in [-0.39, 0.29) is 39.7 Å². The van der Waals surface area contributed by atoms with Gasteiger partial charge in [-0.25, -0.2) is 4.98 Å². The van der Waals surface area contributed by atoms with E-state index in [1.165, 1.54) is 73.1 Å². The molecule has 78 heavy (non-hydrogen) atoms. The van der Waals surface area contributed by atoms with Crippen LogP contribution in [-0.4, -0.2) is 113 Å². The van der Waals surface area contributed by atoms with Gasteiger partial charge in [0, 0.05) is 36.9 Å². The van der Waals surface area contributed by atoms with E-state index in [2.05, 4.69) is 100 Å². The Kier molecular flexibility index (Phi) is 16.0. The van der Waals surface area contributed by atoms with Gasteiger partial charge in [-0.2, -0.15) is 4.98 Å². The number of thiazole rings is 1. The number of nitrogens with two attached hydrogens (primary N) is 1. The van der Waals surface area contributed by atoms with Crippen molar-refractivity contribution in [2.24, 2.45) is 22.5 Å². The molecule has 5 aliphatic heterocycles. The predicted molar refractivity (Wildman–Crippen MR) is 313 cm³/mol. The molecule has 2 saturated carbocycles. The number of aromatic nitrogens is 3. The molecule has 4 saturated heterocycles. The Morgan fingerprint density at radius 3 is 2.33 bits per heavy atom. The smallest absolute Gasteiger partial charge is 0.282 e. The Balaban J connectivity index is 0.000000179. The number of rotatable bonds is 11. The lowest BCUT2D eigenvalue weighted by atomic mass is 9.69. The van der Waals surface area contributed by atoms with Gasteiger partial charge in [-0.15, -0.1) is 11.3 Å². The highest BCUT2D eigenvalue weighted by atomic mass is 35.5. The summed E-state index contributed by atoms with van der Waals surface area (Å²) in [5.74, 6) is 1.79. The van der Waals surface area contributed by atoms with E-state index >= 15 is 0 Å². The molecule has 2 spiro atoms. The van der Waals surface area contributed by atoms with Crippen LogP contribution in [0.15, 0.2) is 82.9 Å². The number of hydrogen-bond acceptors (Lipinski definition) is 11. The standard InChI is InChI=1S/C37H54N6O3S.C26H28ClN3O/c1-25-32(47-24-40-25)28-14-12-27(13-15-28)30(20-42-18-16-37(21-42)22-46-23-37)41-34(44)31-11-8-17-43(31)35(45)33(36(2,3)4)39-19-29(38)26-9-6-5-7-10-26;1-29-14-10-17(11-15-29)18-8-9-19-22(16-18)30-21-7-5-6-20(27)23(21)24(31)28-25(30)26(19)12-3-2-4-13-26/h12-15,19,24,26,30-31,33,39H,5-11,16-18,20-23,38H2,1-4H3,(H,41,44);5-9,16-17H,2-4,10-15H2,1H3/b29-19-;. The number of allylic oxidation sites excluding steroid dienone is 1. The number of ether oxygens (including phenoxy) is 1. The van der Waals surface area contributed by atoms with Crippen molar-refractivity contribution in [3.05, 3.63) is 122 Å². The molecule has 15 heteroatoms. The number of nitrogens with zero attached hydrogens (tertiary/aromatic N) is 6. The fraction of sp³-hybridized carbons (Fsp3) is 0.571. The highest BCUT2D eigenvalue weighted by Gasteiger charge is 2.48. The molecule has 2 aliphatic carbocycles. The highest BCUT2D eigenvalue weighted by molar-refractivity contribution is 7.13. The molecule has 2 amide bonds. The summed E-state index contributed by atoms with van der Waals surface area (Å²) in [5, 5.41) is 7.86. The quantitative estimate of drug-likeness (QED) is 0.117. The van der Waals surface area contributed by atoms with Crippen molar-refractivity contribution in [3.63, 3.8) is 0 Å². The summed E-state index contributed by atoms with van der Waals surface area (Å²) in [6.45, 7) is 15.5. The summed E-state index contributed by atoms with van der Waals surface area (Å²) in [6.07, 6.45) is 18.5. The predicted octanol–water partition coefficient (Wildman–Crippen LogP) is 10.8. The number of amides is 2. The lowest BCUT2D eigenvalue weighted by molar-refractivity contribution is -0.142. The van der Waals surface area contributed by atoms with Gasteiger partial charge < -0.3 is 35.8 Å². The van der Waals surface area contributed by atoms with Crippen LogP contribution in [-0.2, 0) is 19.7 Å². The first-order valence-corrected chi connectivity index (χ1v) is 30.6. The fourth-order valence-corrected chi connectivity index (χ4v) is 15.3. The van der Waals surface area contributed by atoms with Gasteiger partial charge >= 0.3 is 0 Å². The maximum absolute atomic E-state index is 14.2. The van der Waals surface area contributed by atoms with Crippen molar-refractivity contribution < 1.29 is 14.3 Å². The fourth-order valence-electron chi connectivity index (χ4n) is 14.2. The summed E-state index contributed by atoms with van der Waals surface area (Å²) in [5.41, 5.74) is 16.9. The molecule has 7 heterocycles.